The fourth-order valence-electron chi connectivity index (χ4n) is 2.50. The average molecular weight is 321 g/mol. The summed E-state index contributed by atoms with van der Waals surface area (Å²) in [7, 11) is 3.45. The zero-order chi connectivity index (χ0) is 17.1. The predicted octanol–water partition coefficient (Wildman–Crippen LogP) is 3.35. The maximum atomic E-state index is 12.9. The molecule has 24 heavy (non-hydrogen) atoms. The van der Waals surface area contributed by atoms with Gasteiger partial charge in [0.15, 0.2) is 0 Å². The highest BCUT2D eigenvalue weighted by molar-refractivity contribution is 6.13. The van der Waals surface area contributed by atoms with Crippen molar-refractivity contribution in [1.29, 1.82) is 0 Å². The SMILES string of the molecule is COc1ccc(/C=C2\N=C(C)N(C)N(c3ccccc3)C2=O)cc1. The molecule has 0 saturated heterocycles. The van der Waals surface area contributed by atoms with Gasteiger partial charge in [-0.2, -0.15) is 0 Å². The lowest BCUT2D eigenvalue weighted by Gasteiger charge is -2.36. The molecule has 122 valence electrons. The number of aliphatic imine (C=N–C) groups is 1. The van der Waals surface area contributed by atoms with Crippen LogP contribution in [0.1, 0.15) is 12.5 Å². The molecule has 1 aliphatic rings. The molecule has 0 fully saturated rings. The van der Waals surface area contributed by atoms with E-state index in [2.05, 4.69) is 4.99 Å². The van der Waals surface area contributed by atoms with Gasteiger partial charge >= 0.3 is 0 Å². The zero-order valence-electron chi connectivity index (χ0n) is 13.9. The third-order valence-electron chi connectivity index (χ3n) is 3.88. The third-order valence-corrected chi connectivity index (χ3v) is 3.88. The van der Waals surface area contributed by atoms with Crippen molar-refractivity contribution in [3.05, 3.63) is 65.9 Å². The highest BCUT2D eigenvalue weighted by Gasteiger charge is 2.29. The van der Waals surface area contributed by atoms with Crippen LogP contribution in [-0.4, -0.2) is 30.9 Å². The smallest absolute Gasteiger partial charge is 0.295 e. The minimum absolute atomic E-state index is 0.162. The fourth-order valence-corrected chi connectivity index (χ4v) is 2.50. The van der Waals surface area contributed by atoms with Crippen molar-refractivity contribution in [3.8, 4) is 5.75 Å². The van der Waals surface area contributed by atoms with Crippen LogP contribution < -0.4 is 9.75 Å². The molecule has 0 radical (unpaired) electrons. The van der Waals surface area contributed by atoms with E-state index in [0.717, 1.165) is 22.8 Å². The summed E-state index contributed by atoms with van der Waals surface area (Å²) in [6.07, 6.45) is 1.79. The maximum absolute atomic E-state index is 12.9. The van der Waals surface area contributed by atoms with E-state index in [1.165, 1.54) is 0 Å². The number of anilines is 1. The molecule has 0 unspecified atom stereocenters. The van der Waals surface area contributed by atoms with Crippen LogP contribution in [0.3, 0.4) is 0 Å². The van der Waals surface area contributed by atoms with Crippen molar-refractivity contribution in [3.63, 3.8) is 0 Å². The Labute approximate surface area is 141 Å². The number of carbonyl (C=O) groups is 1. The number of hydrogen-bond donors (Lipinski definition) is 0. The zero-order valence-corrected chi connectivity index (χ0v) is 13.9. The van der Waals surface area contributed by atoms with Crippen LogP contribution >= 0.6 is 0 Å². The number of amidine groups is 1. The number of amides is 1. The monoisotopic (exact) mass is 321 g/mol. The highest BCUT2D eigenvalue weighted by Crippen LogP contribution is 2.24. The first-order valence-corrected chi connectivity index (χ1v) is 7.64. The molecule has 1 heterocycles. The predicted molar refractivity (Wildman–Crippen MR) is 95.8 cm³/mol. The van der Waals surface area contributed by atoms with Gasteiger partial charge in [-0.1, -0.05) is 30.3 Å². The van der Waals surface area contributed by atoms with E-state index in [-0.39, 0.29) is 5.91 Å². The van der Waals surface area contributed by atoms with Crippen LogP contribution in [0.4, 0.5) is 5.69 Å². The lowest BCUT2D eigenvalue weighted by molar-refractivity contribution is -0.117. The molecule has 2 aromatic rings. The topological polar surface area (TPSA) is 45.1 Å². The molecule has 0 bridgehead atoms. The van der Waals surface area contributed by atoms with Gasteiger partial charge in [-0.3, -0.25) is 9.80 Å². The first-order valence-electron chi connectivity index (χ1n) is 7.64. The normalized spacial score (nSPS) is 16.4. The van der Waals surface area contributed by atoms with Crippen LogP contribution in [0.15, 0.2) is 65.3 Å². The number of methoxy groups -OCH3 is 1. The molecule has 5 nitrogen and oxygen atoms in total. The molecule has 0 atom stereocenters. The van der Waals surface area contributed by atoms with E-state index < -0.39 is 0 Å². The van der Waals surface area contributed by atoms with Gasteiger partial charge in [-0.05, 0) is 42.8 Å². The van der Waals surface area contributed by atoms with E-state index in [0.29, 0.717) is 5.70 Å². The quantitative estimate of drug-likeness (QED) is 0.815. The maximum Gasteiger partial charge on any atom is 0.295 e. The number of rotatable bonds is 3. The van der Waals surface area contributed by atoms with Crippen molar-refractivity contribution in [2.75, 3.05) is 19.2 Å². The Balaban J connectivity index is 1.98. The van der Waals surface area contributed by atoms with Crippen LogP contribution in [0, 0.1) is 0 Å². The van der Waals surface area contributed by atoms with Gasteiger partial charge in [0.2, 0.25) is 0 Å². The number of ether oxygens (including phenoxy) is 1. The summed E-state index contributed by atoms with van der Waals surface area (Å²) < 4.78 is 5.16. The number of para-hydroxylation sites is 1. The summed E-state index contributed by atoms with van der Waals surface area (Å²) in [6.45, 7) is 1.88. The highest BCUT2D eigenvalue weighted by atomic mass is 16.5. The number of hydrogen-bond acceptors (Lipinski definition) is 4. The Morgan fingerprint density at radius 2 is 1.71 bits per heavy atom. The first kappa shape index (κ1) is 15.8. The molecule has 0 N–H and O–H groups in total. The van der Waals surface area contributed by atoms with Crippen molar-refractivity contribution in [2.24, 2.45) is 4.99 Å². The largest absolute Gasteiger partial charge is 0.497 e. The Kier molecular flexibility index (Phi) is 4.33. The second-order valence-electron chi connectivity index (χ2n) is 5.44. The molecule has 2 aromatic carbocycles. The molecular weight excluding hydrogens is 302 g/mol. The molecule has 5 heteroatoms. The van der Waals surface area contributed by atoms with Gasteiger partial charge in [0.05, 0.1) is 12.8 Å². The van der Waals surface area contributed by atoms with Gasteiger partial charge in [0, 0.05) is 7.05 Å². The number of hydrazine groups is 1. The molecule has 0 aromatic heterocycles. The standard InChI is InChI=1S/C19H19N3O2/c1-14-20-18(13-15-9-11-17(24-3)12-10-15)19(23)22(21(14)2)16-7-5-4-6-8-16/h4-13H,1-3H3/b18-13-. The van der Waals surface area contributed by atoms with Crippen LogP contribution in [0.25, 0.3) is 6.08 Å². The van der Waals surface area contributed by atoms with Crippen LogP contribution in [-0.2, 0) is 4.79 Å². The van der Waals surface area contributed by atoms with Gasteiger partial charge in [0.1, 0.15) is 17.3 Å². The molecule has 0 spiro atoms. The summed E-state index contributed by atoms with van der Waals surface area (Å²) >= 11 is 0. The first-order chi connectivity index (χ1) is 11.6. The molecule has 0 saturated carbocycles. The number of nitrogens with zero attached hydrogens (tertiary/aromatic N) is 3. The second kappa shape index (κ2) is 6.58. The number of benzene rings is 2. The summed E-state index contributed by atoms with van der Waals surface area (Å²) in [5, 5.41) is 3.38. The summed E-state index contributed by atoms with van der Waals surface area (Å²) in [4.78, 5) is 17.3. The van der Waals surface area contributed by atoms with Crippen LogP contribution in [0.5, 0.6) is 5.75 Å². The molecule has 3 rings (SSSR count). The minimum Gasteiger partial charge on any atom is -0.497 e. The Morgan fingerprint density at radius 3 is 2.33 bits per heavy atom. The fraction of sp³-hybridized carbons (Fsp3) is 0.158. The van der Waals surface area contributed by atoms with Crippen LogP contribution in [0.2, 0.25) is 0 Å². The third kappa shape index (κ3) is 3.01. The van der Waals surface area contributed by atoms with Gasteiger partial charge < -0.3 is 4.74 Å². The number of carbonyl (C=O) groups excluding carboxylic acids is 1. The average Bonchev–Trinajstić information content (AvgIpc) is 2.61. The lowest BCUT2D eigenvalue weighted by atomic mass is 10.1. The van der Waals surface area contributed by atoms with Gasteiger partial charge in [-0.25, -0.2) is 10.0 Å². The molecular formula is C19H19N3O2. The molecule has 0 aliphatic carbocycles. The molecule has 1 aliphatic heterocycles. The van der Waals surface area contributed by atoms with E-state index >= 15 is 0 Å². The van der Waals surface area contributed by atoms with Crippen molar-refractivity contribution >= 4 is 23.5 Å². The minimum atomic E-state index is -0.162. The van der Waals surface area contributed by atoms with Crippen molar-refractivity contribution in [2.45, 2.75) is 6.92 Å². The van der Waals surface area contributed by atoms with E-state index in [4.69, 9.17) is 4.74 Å². The van der Waals surface area contributed by atoms with E-state index in [1.54, 1.807) is 23.2 Å². The van der Waals surface area contributed by atoms with E-state index in [9.17, 15) is 4.79 Å². The Bertz CT molecular complexity index is 795. The Hall–Kier alpha value is -3.08. The second-order valence-corrected chi connectivity index (χ2v) is 5.44. The Morgan fingerprint density at radius 1 is 1.04 bits per heavy atom. The lowest BCUT2D eigenvalue weighted by Crippen LogP contribution is -2.50. The summed E-state index contributed by atoms with van der Waals surface area (Å²) in [5.74, 6) is 1.36. The molecule has 1 amide bonds. The summed E-state index contributed by atoms with van der Waals surface area (Å²) in [5.41, 5.74) is 2.10. The van der Waals surface area contributed by atoms with E-state index in [1.807, 2.05) is 68.6 Å². The van der Waals surface area contributed by atoms with Gasteiger partial charge in [0.25, 0.3) is 5.91 Å². The van der Waals surface area contributed by atoms with Crippen molar-refractivity contribution < 1.29 is 9.53 Å². The van der Waals surface area contributed by atoms with Crippen molar-refractivity contribution in [1.82, 2.24) is 5.01 Å². The van der Waals surface area contributed by atoms with Gasteiger partial charge in [-0.15, -0.1) is 0 Å². The summed E-state index contributed by atoms with van der Waals surface area (Å²) in [6, 6.07) is 17.1.